The van der Waals surface area contributed by atoms with E-state index in [1.165, 1.54) is 44.4 Å². The summed E-state index contributed by atoms with van der Waals surface area (Å²) >= 11 is 5.77. The number of hydrogen-bond donors (Lipinski definition) is 2. The van der Waals surface area contributed by atoms with Crippen LogP contribution < -0.4 is 10.1 Å². The predicted octanol–water partition coefficient (Wildman–Crippen LogP) is 3.15. The van der Waals surface area contributed by atoms with Crippen LogP contribution in [-0.2, 0) is 9.53 Å². The molecule has 0 bridgehead atoms. The molecule has 2 aromatic carbocycles. The van der Waals surface area contributed by atoms with Gasteiger partial charge in [0.05, 0.1) is 17.7 Å². The Hall–Kier alpha value is -3.33. The minimum absolute atomic E-state index is 0.0465. The molecule has 0 aliphatic heterocycles. The smallest absolute Gasteiger partial charge is 0.342 e. The number of ether oxygens (including phenoxy) is 2. The number of halogens is 1. The van der Waals surface area contributed by atoms with E-state index in [-0.39, 0.29) is 33.5 Å². The third-order valence-electron chi connectivity index (χ3n) is 3.48. The van der Waals surface area contributed by atoms with Crippen molar-refractivity contribution in [2.24, 2.45) is 0 Å². The molecule has 0 fully saturated rings. The number of rotatable bonds is 6. The van der Waals surface area contributed by atoms with Crippen LogP contribution in [0.4, 0.5) is 11.4 Å². The Bertz CT molecular complexity index is 901. The lowest BCUT2D eigenvalue weighted by atomic mass is 10.2. The predicted molar refractivity (Wildman–Crippen MR) is 96.3 cm³/mol. The Morgan fingerprint density at radius 2 is 1.96 bits per heavy atom. The number of hydrogen-bond acceptors (Lipinski definition) is 7. The number of methoxy groups -OCH3 is 1. The average Bonchev–Trinajstić information content (AvgIpc) is 2.63. The first-order chi connectivity index (χ1) is 12.7. The molecule has 1 atom stereocenters. The summed E-state index contributed by atoms with van der Waals surface area (Å²) in [6, 6.07) is 7.48. The monoisotopic (exact) mass is 394 g/mol. The summed E-state index contributed by atoms with van der Waals surface area (Å²) in [7, 11) is 1.34. The molecule has 0 saturated carbocycles. The van der Waals surface area contributed by atoms with Crippen LogP contribution in [0.25, 0.3) is 0 Å². The van der Waals surface area contributed by atoms with Crippen LogP contribution in [-0.4, -0.2) is 35.1 Å². The summed E-state index contributed by atoms with van der Waals surface area (Å²) in [6.45, 7) is 1.30. The molecule has 2 aromatic rings. The highest BCUT2D eigenvalue weighted by Crippen LogP contribution is 2.29. The molecule has 0 radical (unpaired) electrons. The second kappa shape index (κ2) is 8.37. The first-order valence-corrected chi connectivity index (χ1v) is 7.93. The van der Waals surface area contributed by atoms with Crippen LogP contribution in [0, 0.1) is 10.1 Å². The fourth-order valence-corrected chi connectivity index (χ4v) is 2.26. The Morgan fingerprint density at radius 1 is 1.26 bits per heavy atom. The Morgan fingerprint density at radius 3 is 2.59 bits per heavy atom. The van der Waals surface area contributed by atoms with Crippen molar-refractivity contribution in [1.82, 2.24) is 0 Å². The normalized spacial score (nSPS) is 11.4. The Balaban J connectivity index is 2.14. The molecule has 0 aromatic heterocycles. The van der Waals surface area contributed by atoms with E-state index in [0.717, 1.165) is 6.07 Å². The number of carbonyl (C=O) groups excluding carboxylic acids is 2. The molecule has 10 heteroatoms. The van der Waals surface area contributed by atoms with Gasteiger partial charge < -0.3 is 19.9 Å². The van der Waals surface area contributed by atoms with Gasteiger partial charge in [-0.25, -0.2) is 4.79 Å². The Kier molecular flexibility index (Phi) is 6.19. The molecule has 142 valence electrons. The molecule has 1 unspecified atom stereocenters. The third kappa shape index (κ3) is 4.85. The zero-order valence-corrected chi connectivity index (χ0v) is 15.0. The zero-order chi connectivity index (χ0) is 20.1. The largest absolute Gasteiger partial charge is 0.507 e. The number of anilines is 1. The number of benzene rings is 2. The number of phenols is 1. The highest BCUT2D eigenvalue weighted by Gasteiger charge is 2.23. The molecule has 2 rings (SSSR count). The SMILES string of the molecule is COc1ccc([N+](=O)[O-])cc1NC(=O)C(C)OC(=O)c1cc(Cl)ccc1O. The van der Waals surface area contributed by atoms with Crippen molar-refractivity contribution in [3.63, 3.8) is 0 Å². The molecule has 2 N–H and O–H groups in total. The third-order valence-corrected chi connectivity index (χ3v) is 3.72. The second-order valence-corrected chi connectivity index (χ2v) is 5.78. The fourth-order valence-electron chi connectivity index (χ4n) is 2.09. The van der Waals surface area contributed by atoms with E-state index in [2.05, 4.69) is 5.32 Å². The molecule has 0 spiro atoms. The maximum absolute atomic E-state index is 12.3. The van der Waals surface area contributed by atoms with Gasteiger partial charge >= 0.3 is 5.97 Å². The van der Waals surface area contributed by atoms with E-state index in [0.29, 0.717) is 0 Å². The van der Waals surface area contributed by atoms with Gasteiger partial charge in [0.2, 0.25) is 0 Å². The van der Waals surface area contributed by atoms with Crippen LogP contribution in [0.1, 0.15) is 17.3 Å². The molecular weight excluding hydrogens is 380 g/mol. The van der Waals surface area contributed by atoms with E-state index >= 15 is 0 Å². The molecule has 0 saturated heterocycles. The number of nitro groups is 1. The summed E-state index contributed by atoms with van der Waals surface area (Å²) in [5.74, 6) is -1.86. The topological polar surface area (TPSA) is 128 Å². The standard InChI is InChI=1S/C17H15ClN2O7/c1-9(27-17(23)12-7-10(18)3-5-14(12)21)16(22)19-13-8-11(20(24)25)4-6-15(13)26-2/h3-9,21H,1-2H3,(H,19,22). The number of nitrogens with one attached hydrogen (secondary N) is 1. The van der Waals surface area contributed by atoms with Crippen LogP contribution in [0.15, 0.2) is 36.4 Å². The lowest BCUT2D eigenvalue weighted by Crippen LogP contribution is -2.30. The van der Waals surface area contributed by atoms with E-state index in [9.17, 15) is 24.8 Å². The van der Waals surface area contributed by atoms with Gasteiger partial charge in [-0.2, -0.15) is 0 Å². The van der Waals surface area contributed by atoms with Gasteiger partial charge in [-0.1, -0.05) is 11.6 Å². The number of carbonyl (C=O) groups is 2. The zero-order valence-electron chi connectivity index (χ0n) is 14.3. The van der Waals surface area contributed by atoms with Gasteiger partial charge in [0.15, 0.2) is 6.10 Å². The number of phenolic OH excluding ortho intramolecular Hbond substituents is 1. The summed E-state index contributed by atoms with van der Waals surface area (Å²) < 4.78 is 10.1. The molecule has 0 heterocycles. The van der Waals surface area contributed by atoms with Gasteiger partial charge in [0.25, 0.3) is 11.6 Å². The van der Waals surface area contributed by atoms with Crippen LogP contribution in [0.3, 0.4) is 0 Å². The molecule has 1 amide bonds. The van der Waals surface area contributed by atoms with Gasteiger partial charge in [-0.05, 0) is 31.2 Å². The van der Waals surface area contributed by atoms with Crippen LogP contribution in [0.5, 0.6) is 11.5 Å². The second-order valence-electron chi connectivity index (χ2n) is 5.34. The molecular formula is C17H15ClN2O7. The van der Waals surface area contributed by atoms with Gasteiger partial charge in [-0.3, -0.25) is 14.9 Å². The maximum Gasteiger partial charge on any atom is 0.342 e. The van der Waals surface area contributed by atoms with Crippen LogP contribution in [0.2, 0.25) is 5.02 Å². The number of nitrogens with zero attached hydrogens (tertiary/aromatic N) is 1. The lowest BCUT2D eigenvalue weighted by molar-refractivity contribution is -0.384. The summed E-state index contributed by atoms with van der Waals surface area (Å²) in [6.07, 6.45) is -1.26. The minimum Gasteiger partial charge on any atom is -0.507 e. The van der Waals surface area contributed by atoms with Crippen molar-refractivity contribution in [3.05, 3.63) is 57.1 Å². The van der Waals surface area contributed by atoms with Gasteiger partial charge in [0, 0.05) is 17.2 Å². The quantitative estimate of drug-likeness (QED) is 0.437. The van der Waals surface area contributed by atoms with Crippen molar-refractivity contribution >= 4 is 34.9 Å². The van der Waals surface area contributed by atoms with E-state index in [4.69, 9.17) is 21.1 Å². The number of nitro benzene ring substituents is 1. The van der Waals surface area contributed by atoms with Crippen molar-refractivity contribution < 1.29 is 29.1 Å². The summed E-state index contributed by atoms with van der Waals surface area (Å²) in [5, 5.41) is 23.2. The fraction of sp³-hybridized carbons (Fsp3) is 0.176. The molecule has 27 heavy (non-hydrogen) atoms. The number of amides is 1. The summed E-state index contributed by atoms with van der Waals surface area (Å²) in [5.41, 5.74) is -0.403. The van der Waals surface area contributed by atoms with Crippen LogP contribution >= 0.6 is 11.6 Å². The summed E-state index contributed by atoms with van der Waals surface area (Å²) in [4.78, 5) is 34.7. The highest BCUT2D eigenvalue weighted by atomic mass is 35.5. The van der Waals surface area contributed by atoms with Crippen molar-refractivity contribution in [3.8, 4) is 11.5 Å². The van der Waals surface area contributed by atoms with Crippen molar-refractivity contribution in [1.29, 1.82) is 0 Å². The first-order valence-electron chi connectivity index (χ1n) is 7.55. The molecule has 9 nitrogen and oxygen atoms in total. The molecule has 0 aliphatic carbocycles. The average molecular weight is 395 g/mol. The van der Waals surface area contributed by atoms with E-state index in [1.54, 1.807) is 0 Å². The van der Waals surface area contributed by atoms with Crippen molar-refractivity contribution in [2.45, 2.75) is 13.0 Å². The lowest BCUT2D eigenvalue weighted by Gasteiger charge is -2.15. The van der Waals surface area contributed by atoms with Gasteiger partial charge in [-0.15, -0.1) is 0 Å². The first kappa shape index (κ1) is 20.0. The van der Waals surface area contributed by atoms with Gasteiger partial charge in [0.1, 0.15) is 17.1 Å². The Labute approximate surface area is 158 Å². The van der Waals surface area contributed by atoms with Crippen molar-refractivity contribution in [2.75, 3.05) is 12.4 Å². The van der Waals surface area contributed by atoms with E-state index < -0.39 is 22.9 Å². The number of non-ortho nitro benzene ring substituents is 1. The molecule has 0 aliphatic rings. The maximum atomic E-state index is 12.3. The van der Waals surface area contributed by atoms with E-state index in [1.807, 2.05) is 0 Å². The number of aromatic hydroxyl groups is 1. The minimum atomic E-state index is -1.26. The highest BCUT2D eigenvalue weighted by molar-refractivity contribution is 6.31. The number of esters is 1.